The van der Waals surface area contributed by atoms with E-state index in [9.17, 15) is 9.59 Å². The van der Waals surface area contributed by atoms with Gasteiger partial charge in [-0.25, -0.2) is 0 Å². The monoisotopic (exact) mass is 490 g/mol. The summed E-state index contributed by atoms with van der Waals surface area (Å²) in [5.41, 5.74) is 3.55. The number of carbonyl (C=O) groups is 2. The van der Waals surface area contributed by atoms with Crippen molar-refractivity contribution >= 4 is 23.2 Å². The van der Waals surface area contributed by atoms with Crippen molar-refractivity contribution in [3.8, 4) is 0 Å². The summed E-state index contributed by atoms with van der Waals surface area (Å²) in [6.07, 6.45) is 8.87. The molecule has 0 bridgehead atoms. The third kappa shape index (κ3) is 5.37. The average molecular weight is 491 g/mol. The third-order valence-corrected chi connectivity index (χ3v) is 8.61. The molecule has 1 atom stereocenters. The number of amides is 2. The molecular weight excluding hydrogens is 456 g/mol. The molecule has 2 amide bonds. The van der Waals surface area contributed by atoms with Gasteiger partial charge in [0.2, 0.25) is 11.8 Å². The van der Waals surface area contributed by atoms with Crippen LogP contribution in [0.4, 0.5) is 0 Å². The lowest BCUT2D eigenvalue weighted by atomic mass is 9.90. The van der Waals surface area contributed by atoms with E-state index in [1.807, 2.05) is 29.2 Å². The van der Waals surface area contributed by atoms with Gasteiger partial charge in [0.15, 0.2) is 0 Å². The standard InChI is InChI=1S/C29H34N2O3S/c1-21-7-2-5-11-24(21)29-25-15-18-35-26(25)14-16-31(29)28(33)20-30(19-23-10-6-17-34-23)27(32)13-12-22-8-3-4-9-22/h2,5-7,10-11,15,17-18,22,29H,3-4,8-9,12-14,16,19-20H2,1H3. The zero-order valence-electron chi connectivity index (χ0n) is 20.4. The van der Waals surface area contributed by atoms with Gasteiger partial charge in [0.1, 0.15) is 12.3 Å². The highest BCUT2D eigenvalue weighted by Crippen LogP contribution is 2.39. The van der Waals surface area contributed by atoms with E-state index < -0.39 is 0 Å². The Balaban J connectivity index is 1.36. The molecule has 5 nitrogen and oxygen atoms in total. The number of thiophene rings is 1. The van der Waals surface area contributed by atoms with E-state index in [4.69, 9.17) is 4.42 Å². The van der Waals surface area contributed by atoms with Gasteiger partial charge >= 0.3 is 0 Å². The predicted molar refractivity (Wildman–Crippen MR) is 138 cm³/mol. The maximum absolute atomic E-state index is 13.8. The Labute approximate surface area is 211 Å². The molecule has 35 heavy (non-hydrogen) atoms. The summed E-state index contributed by atoms with van der Waals surface area (Å²) in [5, 5.41) is 2.12. The van der Waals surface area contributed by atoms with Gasteiger partial charge in [-0.3, -0.25) is 9.59 Å². The molecule has 6 heteroatoms. The fraction of sp³-hybridized carbons (Fsp3) is 0.448. The normalized spacial score (nSPS) is 18.0. The van der Waals surface area contributed by atoms with Crippen LogP contribution in [0.3, 0.4) is 0 Å². The van der Waals surface area contributed by atoms with Gasteiger partial charge in [-0.05, 0) is 66.0 Å². The Morgan fingerprint density at radius 2 is 1.91 bits per heavy atom. The molecule has 1 aliphatic carbocycles. The SMILES string of the molecule is Cc1ccccc1C1c2ccsc2CCN1C(=O)CN(Cc1ccco1)C(=O)CCC1CCCC1. The van der Waals surface area contributed by atoms with E-state index in [1.165, 1.54) is 41.7 Å². The topological polar surface area (TPSA) is 53.8 Å². The Bertz CT molecular complexity index is 1150. The van der Waals surface area contributed by atoms with Gasteiger partial charge in [-0.2, -0.15) is 0 Å². The molecule has 0 radical (unpaired) electrons. The maximum atomic E-state index is 13.8. The van der Waals surface area contributed by atoms with E-state index in [-0.39, 0.29) is 24.4 Å². The number of benzene rings is 1. The average Bonchev–Trinajstić information content (AvgIpc) is 3.65. The van der Waals surface area contributed by atoms with Crippen molar-refractivity contribution in [2.45, 2.75) is 64.5 Å². The van der Waals surface area contributed by atoms with Crippen LogP contribution < -0.4 is 0 Å². The Kier molecular flexibility index (Phi) is 7.37. The zero-order valence-corrected chi connectivity index (χ0v) is 21.3. The Morgan fingerprint density at radius 1 is 1.09 bits per heavy atom. The highest BCUT2D eigenvalue weighted by atomic mass is 32.1. The molecule has 1 unspecified atom stereocenters. The first-order valence-electron chi connectivity index (χ1n) is 12.8. The molecule has 1 saturated carbocycles. The van der Waals surface area contributed by atoms with Crippen LogP contribution in [0.25, 0.3) is 0 Å². The van der Waals surface area contributed by atoms with Gasteiger partial charge in [0, 0.05) is 17.8 Å². The van der Waals surface area contributed by atoms with Gasteiger partial charge in [0.05, 0.1) is 18.8 Å². The van der Waals surface area contributed by atoms with Crippen LogP contribution in [0.5, 0.6) is 0 Å². The molecule has 1 aromatic carbocycles. The van der Waals surface area contributed by atoms with Crippen LogP contribution in [0, 0.1) is 12.8 Å². The van der Waals surface area contributed by atoms with Crippen molar-refractivity contribution in [3.05, 3.63) is 81.4 Å². The Hall–Kier alpha value is -2.86. The van der Waals surface area contributed by atoms with E-state index in [1.54, 1.807) is 22.5 Å². The fourth-order valence-corrected chi connectivity index (χ4v) is 6.58. The van der Waals surface area contributed by atoms with Gasteiger partial charge in [0.25, 0.3) is 0 Å². The van der Waals surface area contributed by atoms with Crippen LogP contribution in [0.2, 0.25) is 0 Å². The van der Waals surface area contributed by atoms with Crippen molar-refractivity contribution in [1.29, 1.82) is 0 Å². The summed E-state index contributed by atoms with van der Waals surface area (Å²) >= 11 is 1.77. The van der Waals surface area contributed by atoms with E-state index in [2.05, 4.69) is 30.5 Å². The zero-order chi connectivity index (χ0) is 24.2. The molecule has 184 valence electrons. The second-order valence-corrected chi connectivity index (χ2v) is 10.9. The van der Waals surface area contributed by atoms with Crippen molar-refractivity contribution in [3.63, 3.8) is 0 Å². The minimum Gasteiger partial charge on any atom is -0.467 e. The number of carbonyl (C=O) groups excluding carboxylic acids is 2. The number of rotatable bonds is 8. The second-order valence-electron chi connectivity index (χ2n) is 9.91. The van der Waals surface area contributed by atoms with Crippen LogP contribution in [-0.4, -0.2) is 34.7 Å². The van der Waals surface area contributed by atoms with Gasteiger partial charge in [-0.1, -0.05) is 49.9 Å². The first-order valence-corrected chi connectivity index (χ1v) is 13.7. The quantitative estimate of drug-likeness (QED) is 0.382. The highest BCUT2D eigenvalue weighted by Gasteiger charge is 2.34. The van der Waals surface area contributed by atoms with E-state index >= 15 is 0 Å². The molecule has 5 rings (SSSR count). The lowest BCUT2D eigenvalue weighted by Gasteiger charge is -2.38. The molecule has 0 saturated heterocycles. The van der Waals surface area contributed by atoms with Crippen LogP contribution in [-0.2, 0) is 22.6 Å². The number of furan rings is 1. The lowest BCUT2D eigenvalue weighted by Crippen LogP contribution is -2.46. The minimum atomic E-state index is -0.113. The van der Waals surface area contributed by atoms with Crippen LogP contribution in [0.15, 0.2) is 58.5 Å². The van der Waals surface area contributed by atoms with Crippen molar-refractivity contribution in [1.82, 2.24) is 9.80 Å². The molecule has 0 N–H and O–H groups in total. The van der Waals surface area contributed by atoms with Gasteiger partial charge in [-0.15, -0.1) is 11.3 Å². The smallest absolute Gasteiger partial charge is 0.243 e. The fourth-order valence-electron chi connectivity index (χ4n) is 5.68. The maximum Gasteiger partial charge on any atom is 0.243 e. The highest BCUT2D eigenvalue weighted by molar-refractivity contribution is 7.10. The third-order valence-electron chi connectivity index (χ3n) is 7.62. The van der Waals surface area contributed by atoms with Crippen LogP contribution >= 0.6 is 11.3 Å². The molecule has 2 aliphatic rings. The second kappa shape index (κ2) is 10.8. The van der Waals surface area contributed by atoms with Crippen LogP contribution in [0.1, 0.15) is 71.9 Å². The van der Waals surface area contributed by atoms with E-state index in [0.29, 0.717) is 31.2 Å². The lowest BCUT2D eigenvalue weighted by molar-refractivity contribution is -0.142. The molecular formula is C29H34N2O3S. The molecule has 0 spiro atoms. The summed E-state index contributed by atoms with van der Waals surface area (Å²) in [7, 11) is 0. The largest absolute Gasteiger partial charge is 0.467 e. The Morgan fingerprint density at radius 3 is 2.69 bits per heavy atom. The number of fused-ring (bicyclic) bond motifs is 1. The molecule has 1 aliphatic heterocycles. The molecule has 1 fully saturated rings. The van der Waals surface area contributed by atoms with Crippen molar-refractivity contribution in [2.24, 2.45) is 5.92 Å². The summed E-state index contributed by atoms with van der Waals surface area (Å²) in [4.78, 5) is 32.2. The number of hydrogen-bond acceptors (Lipinski definition) is 4. The first-order chi connectivity index (χ1) is 17.1. The molecule has 3 aromatic rings. The van der Waals surface area contributed by atoms with Crippen molar-refractivity contribution in [2.75, 3.05) is 13.1 Å². The number of hydrogen-bond donors (Lipinski definition) is 0. The first kappa shape index (κ1) is 23.9. The van der Waals surface area contributed by atoms with E-state index in [0.717, 1.165) is 18.4 Å². The van der Waals surface area contributed by atoms with Crippen molar-refractivity contribution < 1.29 is 14.0 Å². The summed E-state index contributed by atoms with van der Waals surface area (Å²) in [5.74, 6) is 1.39. The molecule has 2 aromatic heterocycles. The summed E-state index contributed by atoms with van der Waals surface area (Å²) < 4.78 is 5.54. The van der Waals surface area contributed by atoms with Gasteiger partial charge < -0.3 is 14.2 Å². The molecule has 3 heterocycles. The predicted octanol–water partition coefficient (Wildman–Crippen LogP) is 6.12. The minimum absolute atomic E-state index is 0.00382. The summed E-state index contributed by atoms with van der Waals surface area (Å²) in [6.45, 7) is 3.17. The number of aryl methyl sites for hydroxylation is 1. The summed E-state index contributed by atoms with van der Waals surface area (Å²) in [6, 6.07) is 14.1. The number of nitrogens with zero attached hydrogens (tertiary/aromatic N) is 2.